The summed E-state index contributed by atoms with van der Waals surface area (Å²) < 4.78 is 34.6. The van der Waals surface area contributed by atoms with Crippen LogP contribution >= 0.6 is 27.5 Å². The highest BCUT2D eigenvalue weighted by atomic mass is 79.9. The summed E-state index contributed by atoms with van der Waals surface area (Å²) in [6.45, 7) is -0.301. The van der Waals surface area contributed by atoms with Crippen LogP contribution in [0.1, 0.15) is 22.6 Å². The molecule has 34 heavy (non-hydrogen) atoms. The standard InChI is InChI=1S/C24H16BrClF2N2O4/c25-17-5-2-6-18-20(17)23(31)30(22(29-18)21(27)28)9-10-34-19-8-7-15(26)12-16(19)13-3-1-4-14(11-13)24(32)33/h1-8,11-12,21H,9-10H2,(H,32,33). The lowest BCUT2D eigenvalue weighted by molar-refractivity contribution is 0.0697. The average Bonchev–Trinajstić information content (AvgIpc) is 2.81. The summed E-state index contributed by atoms with van der Waals surface area (Å²) in [5.74, 6) is -1.38. The van der Waals surface area contributed by atoms with E-state index in [1.165, 1.54) is 18.2 Å². The summed E-state index contributed by atoms with van der Waals surface area (Å²) in [4.78, 5) is 28.3. The molecule has 1 N–H and O–H groups in total. The number of nitrogens with zero attached hydrogens (tertiary/aromatic N) is 2. The van der Waals surface area contributed by atoms with Crippen LogP contribution < -0.4 is 10.3 Å². The van der Waals surface area contributed by atoms with Crippen molar-refractivity contribution >= 4 is 44.4 Å². The van der Waals surface area contributed by atoms with E-state index in [1.54, 1.807) is 42.5 Å². The summed E-state index contributed by atoms with van der Waals surface area (Å²) in [5.41, 5.74) is 0.729. The molecule has 4 aromatic rings. The van der Waals surface area contributed by atoms with Gasteiger partial charge in [0.1, 0.15) is 12.4 Å². The van der Waals surface area contributed by atoms with Gasteiger partial charge in [0.2, 0.25) is 0 Å². The summed E-state index contributed by atoms with van der Waals surface area (Å²) >= 11 is 9.41. The molecule has 1 heterocycles. The second-order valence-corrected chi connectivity index (χ2v) is 8.53. The number of ether oxygens (including phenoxy) is 1. The minimum atomic E-state index is -2.96. The number of halogens is 4. The maximum atomic E-state index is 13.7. The quantitative estimate of drug-likeness (QED) is 0.297. The molecule has 0 saturated heterocycles. The zero-order valence-electron chi connectivity index (χ0n) is 17.3. The van der Waals surface area contributed by atoms with Gasteiger partial charge in [0, 0.05) is 15.1 Å². The molecule has 0 atom stereocenters. The molecule has 1 aromatic heterocycles. The number of carbonyl (C=O) groups is 1. The minimum Gasteiger partial charge on any atom is -0.491 e. The first-order valence-electron chi connectivity index (χ1n) is 9.99. The van der Waals surface area contributed by atoms with Gasteiger partial charge in [0.05, 0.1) is 23.0 Å². The highest BCUT2D eigenvalue weighted by Gasteiger charge is 2.20. The van der Waals surface area contributed by atoms with Gasteiger partial charge in [-0.25, -0.2) is 18.6 Å². The van der Waals surface area contributed by atoms with Crippen LogP contribution in [0, 0.1) is 0 Å². The van der Waals surface area contributed by atoms with Crippen molar-refractivity contribution in [1.29, 1.82) is 0 Å². The maximum absolute atomic E-state index is 13.7. The number of carboxylic acids is 1. The van der Waals surface area contributed by atoms with Gasteiger partial charge in [0.25, 0.3) is 12.0 Å². The van der Waals surface area contributed by atoms with E-state index in [-0.39, 0.29) is 29.6 Å². The predicted molar refractivity (Wildman–Crippen MR) is 128 cm³/mol. The Morgan fingerprint density at radius 1 is 1.15 bits per heavy atom. The molecule has 10 heteroatoms. The minimum absolute atomic E-state index is 0.0874. The fourth-order valence-electron chi connectivity index (χ4n) is 3.54. The number of alkyl halides is 2. The Bertz CT molecular complexity index is 1460. The number of carboxylic acid groups (broad SMARTS) is 1. The first kappa shape index (κ1) is 23.8. The highest BCUT2D eigenvalue weighted by Crippen LogP contribution is 2.33. The highest BCUT2D eigenvalue weighted by molar-refractivity contribution is 9.10. The van der Waals surface area contributed by atoms with Crippen molar-refractivity contribution < 1.29 is 23.4 Å². The van der Waals surface area contributed by atoms with E-state index in [0.29, 0.717) is 26.4 Å². The Morgan fingerprint density at radius 2 is 1.91 bits per heavy atom. The topological polar surface area (TPSA) is 81.4 Å². The van der Waals surface area contributed by atoms with Crippen LogP contribution in [-0.4, -0.2) is 27.2 Å². The Hall–Kier alpha value is -3.30. The van der Waals surface area contributed by atoms with Crippen molar-refractivity contribution in [1.82, 2.24) is 9.55 Å². The predicted octanol–water partition coefficient (Wildman–Crippen LogP) is 6.19. The first-order chi connectivity index (χ1) is 16.3. The fraction of sp³-hybridized carbons (Fsp3) is 0.125. The maximum Gasteiger partial charge on any atom is 0.335 e. The lowest BCUT2D eigenvalue weighted by atomic mass is 10.0. The van der Waals surface area contributed by atoms with Crippen molar-refractivity contribution in [2.45, 2.75) is 13.0 Å². The molecular formula is C24H16BrClF2N2O4. The molecule has 6 nitrogen and oxygen atoms in total. The van der Waals surface area contributed by atoms with Crippen LogP contribution in [-0.2, 0) is 6.54 Å². The Labute approximate surface area is 205 Å². The molecular weight excluding hydrogens is 534 g/mol. The van der Waals surface area contributed by atoms with Crippen molar-refractivity contribution in [3.63, 3.8) is 0 Å². The number of rotatable bonds is 7. The average molecular weight is 550 g/mol. The van der Waals surface area contributed by atoms with Gasteiger partial charge in [-0.15, -0.1) is 0 Å². The molecule has 0 fully saturated rings. The van der Waals surface area contributed by atoms with Crippen LogP contribution in [0.15, 0.2) is 69.9 Å². The van der Waals surface area contributed by atoms with Gasteiger partial charge in [-0.05, 0) is 64.0 Å². The third-order valence-corrected chi connectivity index (χ3v) is 5.99. The number of hydrogen-bond donors (Lipinski definition) is 1. The van der Waals surface area contributed by atoms with Gasteiger partial charge in [0.15, 0.2) is 5.82 Å². The normalized spacial score (nSPS) is 11.2. The molecule has 0 aliphatic rings. The van der Waals surface area contributed by atoms with E-state index < -0.39 is 23.8 Å². The zero-order valence-corrected chi connectivity index (χ0v) is 19.7. The largest absolute Gasteiger partial charge is 0.491 e. The zero-order chi connectivity index (χ0) is 24.4. The number of hydrogen-bond acceptors (Lipinski definition) is 4. The molecule has 0 saturated carbocycles. The molecule has 3 aromatic carbocycles. The van der Waals surface area contributed by atoms with Gasteiger partial charge in [-0.1, -0.05) is 29.8 Å². The molecule has 0 spiro atoms. The smallest absolute Gasteiger partial charge is 0.335 e. The first-order valence-corrected chi connectivity index (χ1v) is 11.2. The van der Waals surface area contributed by atoms with E-state index >= 15 is 0 Å². The van der Waals surface area contributed by atoms with E-state index in [4.69, 9.17) is 16.3 Å². The molecule has 0 unspecified atom stereocenters. The van der Waals surface area contributed by atoms with Crippen molar-refractivity contribution in [3.8, 4) is 16.9 Å². The number of aromatic nitrogens is 2. The number of aromatic carboxylic acids is 1. The van der Waals surface area contributed by atoms with Gasteiger partial charge in [-0.2, -0.15) is 0 Å². The molecule has 0 radical (unpaired) electrons. The second-order valence-electron chi connectivity index (χ2n) is 7.24. The van der Waals surface area contributed by atoms with Crippen molar-refractivity contribution in [3.05, 3.63) is 91.9 Å². The third kappa shape index (κ3) is 4.80. The van der Waals surface area contributed by atoms with E-state index in [1.807, 2.05) is 0 Å². The van der Waals surface area contributed by atoms with Crippen molar-refractivity contribution in [2.24, 2.45) is 0 Å². The molecule has 4 rings (SSSR count). The molecule has 0 bridgehead atoms. The van der Waals surface area contributed by atoms with Crippen LogP contribution in [0.5, 0.6) is 5.75 Å². The SMILES string of the molecule is O=C(O)c1cccc(-c2cc(Cl)ccc2OCCn2c(C(F)F)nc3cccc(Br)c3c2=O)c1. The van der Waals surface area contributed by atoms with Crippen molar-refractivity contribution in [2.75, 3.05) is 6.61 Å². The Balaban J connectivity index is 1.66. The van der Waals surface area contributed by atoms with Crippen LogP contribution in [0.25, 0.3) is 22.0 Å². The Kier molecular flexibility index (Phi) is 6.95. The van der Waals surface area contributed by atoms with Crippen LogP contribution in [0.3, 0.4) is 0 Å². The van der Waals surface area contributed by atoms with E-state index in [9.17, 15) is 23.5 Å². The number of benzene rings is 3. The lowest BCUT2D eigenvalue weighted by Gasteiger charge is -2.16. The van der Waals surface area contributed by atoms with Crippen LogP contribution in [0.2, 0.25) is 5.02 Å². The molecule has 0 aliphatic heterocycles. The number of fused-ring (bicyclic) bond motifs is 1. The summed E-state index contributed by atoms with van der Waals surface area (Å²) in [6.07, 6.45) is -2.96. The molecule has 0 amide bonds. The van der Waals surface area contributed by atoms with E-state index in [0.717, 1.165) is 4.57 Å². The summed E-state index contributed by atoms with van der Waals surface area (Å²) in [5, 5.41) is 9.88. The Morgan fingerprint density at radius 3 is 2.65 bits per heavy atom. The third-order valence-electron chi connectivity index (χ3n) is 5.09. The summed E-state index contributed by atoms with van der Waals surface area (Å²) in [6, 6.07) is 15.8. The monoisotopic (exact) mass is 548 g/mol. The van der Waals surface area contributed by atoms with Crippen LogP contribution in [0.4, 0.5) is 8.78 Å². The van der Waals surface area contributed by atoms with E-state index in [2.05, 4.69) is 20.9 Å². The van der Waals surface area contributed by atoms with Gasteiger partial charge < -0.3 is 9.84 Å². The fourth-order valence-corrected chi connectivity index (χ4v) is 4.24. The summed E-state index contributed by atoms with van der Waals surface area (Å²) in [7, 11) is 0. The van der Waals surface area contributed by atoms with Gasteiger partial charge in [-0.3, -0.25) is 9.36 Å². The lowest BCUT2D eigenvalue weighted by Crippen LogP contribution is -2.28. The van der Waals surface area contributed by atoms with Gasteiger partial charge >= 0.3 is 5.97 Å². The molecule has 174 valence electrons. The molecule has 0 aliphatic carbocycles. The second kappa shape index (κ2) is 9.90.